The van der Waals surface area contributed by atoms with Crippen LogP contribution in [0.25, 0.3) is 0 Å². The van der Waals surface area contributed by atoms with Gasteiger partial charge in [0.05, 0.1) is 13.0 Å². The summed E-state index contributed by atoms with van der Waals surface area (Å²) in [7, 11) is 0. The average molecular weight is 944 g/mol. The highest BCUT2D eigenvalue weighted by atomic mass is 16.6. The van der Waals surface area contributed by atoms with Crippen LogP contribution in [0.3, 0.4) is 0 Å². The predicted octanol–water partition coefficient (Wildman–Crippen LogP) is 19.6. The zero-order chi connectivity index (χ0) is 49.2. The van der Waals surface area contributed by atoms with Gasteiger partial charge < -0.3 is 14.2 Å². The summed E-state index contributed by atoms with van der Waals surface area (Å²) < 4.78 is 17.4. The van der Waals surface area contributed by atoms with E-state index in [9.17, 15) is 9.59 Å². The third-order valence-corrected chi connectivity index (χ3v) is 11.8. The molecule has 0 aromatic carbocycles. The number of carbonyl (C=O) groups excluding carboxylic acids is 2. The van der Waals surface area contributed by atoms with Crippen molar-refractivity contribution in [3.63, 3.8) is 0 Å². The van der Waals surface area contributed by atoms with E-state index < -0.39 is 6.10 Å². The number of unbranched alkanes of at least 4 members (excludes halogenated alkanes) is 23. The molecule has 68 heavy (non-hydrogen) atoms. The molecule has 0 saturated carbocycles. The molecule has 0 aromatic heterocycles. The zero-order valence-corrected chi connectivity index (χ0v) is 44.6. The smallest absolute Gasteiger partial charge is 0.310 e. The number of allylic oxidation sites excluding steroid dienone is 17. The summed E-state index contributed by atoms with van der Waals surface area (Å²) in [5.41, 5.74) is 0. The molecule has 0 aliphatic heterocycles. The van der Waals surface area contributed by atoms with Crippen molar-refractivity contribution < 1.29 is 23.8 Å². The van der Waals surface area contributed by atoms with Crippen molar-refractivity contribution in [3.8, 4) is 0 Å². The summed E-state index contributed by atoms with van der Waals surface area (Å²) >= 11 is 0. The molecule has 0 aliphatic carbocycles. The summed E-state index contributed by atoms with van der Waals surface area (Å²) in [5.74, 6) is -0.547. The van der Waals surface area contributed by atoms with E-state index in [1.54, 1.807) is 0 Å². The third kappa shape index (κ3) is 55.2. The quantitative estimate of drug-likeness (QED) is 0.0345. The molecule has 0 spiro atoms. The fourth-order valence-electron chi connectivity index (χ4n) is 7.70. The lowest BCUT2D eigenvalue weighted by molar-refractivity contribution is -0.162. The summed E-state index contributed by atoms with van der Waals surface area (Å²) in [5, 5.41) is 0. The van der Waals surface area contributed by atoms with Gasteiger partial charge in [-0.25, -0.2) is 0 Å². The maximum Gasteiger partial charge on any atom is 0.310 e. The Morgan fingerprint density at radius 1 is 0.353 bits per heavy atom. The van der Waals surface area contributed by atoms with Crippen molar-refractivity contribution in [2.75, 3.05) is 19.8 Å². The fraction of sp³-hybridized carbons (Fsp3) is 0.683. The van der Waals surface area contributed by atoms with Crippen LogP contribution in [-0.4, -0.2) is 37.9 Å². The van der Waals surface area contributed by atoms with Crippen LogP contribution in [0.1, 0.15) is 252 Å². The first-order valence-corrected chi connectivity index (χ1v) is 28.4. The molecule has 0 heterocycles. The first-order chi connectivity index (χ1) is 33.6. The molecule has 388 valence electrons. The van der Waals surface area contributed by atoms with Crippen LogP contribution in [-0.2, 0) is 23.8 Å². The zero-order valence-electron chi connectivity index (χ0n) is 44.6. The van der Waals surface area contributed by atoms with Gasteiger partial charge in [0, 0.05) is 13.0 Å². The number of hydrogen-bond donors (Lipinski definition) is 0. The van der Waals surface area contributed by atoms with Gasteiger partial charge in [0.25, 0.3) is 0 Å². The van der Waals surface area contributed by atoms with E-state index in [4.69, 9.17) is 14.2 Å². The highest BCUT2D eigenvalue weighted by molar-refractivity contribution is 5.71. The molecular formula is C63H106O5. The van der Waals surface area contributed by atoms with Gasteiger partial charge in [-0.1, -0.05) is 265 Å². The average Bonchev–Trinajstić information content (AvgIpc) is 3.34. The fourth-order valence-corrected chi connectivity index (χ4v) is 7.70. The van der Waals surface area contributed by atoms with Crippen molar-refractivity contribution >= 4 is 11.9 Å². The van der Waals surface area contributed by atoms with E-state index in [2.05, 4.69) is 118 Å². The molecule has 1 atom stereocenters. The molecule has 0 rings (SSSR count). The van der Waals surface area contributed by atoms with E-state index in [1.165, 1.54) is 128 Å². The lowest BCUT2D eigenvalue weighted by Crippen LogP contribution is -2.29. The number of rotatable bonds is 51. The molecule has 0 N–H and O–H groups in total. The summed E-state index contributed by atoms with van der Waals surface area (Å²) in [6.45, 7) is 7.49. The SMILES string of the molecule is CC/C=C\C/C=C\C/C=C\C/C=C\C/C=C\CC(=O)OC(COCCCCCCCCC/C=C\C/C=C\C/C=C\C/C=C\CC)COC(=O)CCCCCCCCCCCCCCCCCCC. The van der Waals surface area contributed by atoms with Crippen LogP contribution in [0.4, 0.5) is 0 Å². The maximum atomic E-state index is 12.8. The predicted molar refractivity (Wildman–Crippen MR) is 297 cm³/mol. The Bertz CT molecular complexity index is 1340. The van der Waals surface area contributed by atoms with Crippen LogP contribution in [0.2, 0.25) is 0 Å². The van der Waals surface area contributed by atoms with Crippen molar-refractivity contribution in [2.24, 2.45) is 0 Å². The lowest BCUT2D eigenvalue weighted by Gasteiger charge is -2.18. The molecule has 5 heteroatoms. The van der Waals surface area contributed by atoms with Crippen LogP contribution < -0.4 is 0 Å². The number of carbonyl (C=O) groups is 2. The Kier molecular flexibility index (Phi) is 54.9. The summed E-state index contributed by atoms with van der Waals surface area (Å²) in [4.78, 5) is 25.4. The molecule has 0 fully saturated rings. The van der Waals surface area contributed by atoms with Crippen molar-refractivity contribution in [2.45, 2.75) is 258 Å². The molecular weight excluding hydrogens is 837 g/mol. The maximum absolute atomic E-state index is 12.8. The summed E-state index contributed by atoms with van der Waals surface area (Å²) in [6, 6.07) is 0. The van der Waals surface area contributed by atoms with E-state index >= 15 is 0 Å². The van der Waals surface area contributed by atoms with E-state index in [0.29, 0.717) is 13.0 Å². The molecule has 1 unspecified atom stereocenters. The third-order valence-electron chi connectivity index (χ3n) is 11.8. The minimum atomic E-state index is -0.602. The Labute approximate surface area is 421 Å². The van der Waals surface area contributed by atoms with Gasteiger partial charge in [-0.2, -0.15) is 0 Å². The van der Waals surface area contributed by atoms with Crippen molar-refractivity contribution in [3.05, 3.63) is 109 Å². The second-order valence-corrected chi connectivity index (χ2v) is 18.5. The van der Waals surface area contributed by atoms with Gasteiger partial charge >= 0.3 is 11.9 Å². The Balaban J connectivity index is 4.39. The highest BCUT2D eigenvalue weighted by Crippen LogP contribution is 2.15. The minimum Gasteiger partial charge on any atom is -0.462 e. The van der Waals surface area contributed by atoms with Gasteiger partial charge in [0.15, 0.2) is 6.10 Å². The Morgan fingerprint density at radius 3 is 1.13 bits per heavy atom. The molecule has 0 aliphatic rings. The second-order valence-electron chi connectivity index (χ2n) is 18.5. The van der Waals surface area contributed by atoms with Crippen LogP contribution in [0, 0.1) is 0 Å². The van der Waals surface area contributed by atoms with Gasteiger partial charge in [0.2, 0.25) is 0 Å². The van der Waals surface area contributed by atoms with Gasteiger partial charge in [-0.3, -0.25) is 9.59 Å². The second kappa shape index (κ2) is 57.9. The molecule has 0 bridgehead atoms. The molecule has 0 saturated heterocycles. The normalized spacial score (nSPS) is 13.0. The number of hydrogen-bond acceptors (Lipinski definition) is 5. The van der Waals surface area contributed by atoms with E-state index in [1.807, 2.05) is 12.2 Å². The molecule has 0 radical (unpaired) electrons. The van der Waals surface area contributed by atoms with Crippen LogP contribution in [0.15, 0.2) is 109 Å². The van der Waals surface area contributed by atoms with Crippen molar-refractivity contribution in [1.82, 2.24) is 0 Å². The topological polar surface area (TPSA) is 61.8 Å². The Morgan fingerprint density at radius 2 is 0.706 bits per heavy atom. The molecule has 0 amide bonds. The van der Waals surface area contributed by atoms with E-state index in [-0.39, 0.29) is 31.6 Å². The van der Waals surface area contributed by atoms with Gasteiger partial charge in [-0.15, -0.1) is 0 Å². The lowest BCUT2D eigenvalue weighted by atomic mass is 10.0. The standard InChI is InChI=1S/C63H106O5/c1-4-7-10-13-16-19-22-25-28-30-31-32-34-37-40-43-46-49-52-55-58-66-59-61(68-63(65)57-54-51-48-45-42-39-35-27-24-21-18-15-12-9-6-3)60-67-62(64)56-53-50-47-44-41-38-36-33-29-26-23-20-17-14-11-8-5-2/h7,9-10,12,16,18-19,21,25,27-28,31-32,35,42,45,51,54,61H,4-6,8,11,13-15,17,20,22-24,26,29-30,33-34,36-41,43-44,46-50,52-53,55-60H2,1-3H3/b10-7-,12-9-,19-16-,21-18-,28-25-,32-31-,35-27-,45-42-,54-51-. The molecule has 0 aromatic rings. The molecule has 5 nitrogen and oxygen atoms in total. The summed E-state index contributed by atoms with van der Waals surface area (Å²) in [6.07, 6.45) is 79.9. The van der Waals surface area contributed by atoms with E-state index in [0.717, 1.165) is 89.9 Å². The Hall–Kier alpha value is -3.44. The minimum absolute atomic E-state index is 0.0378. The highest BCUT2D eigenvalue weighted by Gasteiger charge is 2.17. The van der Waals surface area contributed by atoms with Crippen LogP contribution in [0.5, 0.6) is 0 Å². The van der Waals surface area contributed by atoms with Gasteiger partial charge in [0.1, 0.15) is 6.61 Å². The van der Waals surface area contributed by atoms with Gasteiger partial charge in [-0.05, 0) is 83.5 Å². The first kappa shape index (κ1) is 64.6. The number of esters is 2. The van der Waals surface area contributed by atoms with Crippen LogP contribution >= 0.6 is 0 Å². The van der Waals surface area contributed by atoms with Crippen molar-refractivity contribution in [1.29, 1.82) is 0 Å². The number of ether oxygens (including phenoxy) is 3. The largest absolute Gasteiger partial charge is 0.462 e. The monoisotopic (exact) mass is 943 g/mol. The first-order valence-electron chi connectivity index (χ1n) is 28.4.